The van der Waals surface area contributed by atoms with E-state index in [2.05, 4.69) is 20.6 Å². The molecule has 29 heavy (non-hydrogen) atoms. The number of fused-ring (bicyclic) bond motifs is 1. The molecule has 10 heteroatoms. The third kappa shape index (κ3) is 3.96. The Balaban J connectivity index is 1.66. The average Bonchev–Trinajstić information content (AvgIpc) is 2.70. The van der Waals surface area contributed by atoms with Crippen molar-refractivity contribution in [3.05, 3.63) is 44.7 Å². The van der Waals surface area contributed by atoms with E-state index >= 15 is 0 Å². The number of aryl methyl sites for hydroxylation is 1. The van der Waals surface area contributed by atoms with Gasteiger partial charge in [-0.05, 0) is 24.6 Å². The minimum Gasteiger partial charge on any atom is -0.378 e. The predicted molar refractivity (Wildman–Crippen MR) is 109 cm³/mol. The molecule has 3 heterocycles. The van der Waals surface area contributed by atoms with Crippen LogP contribution in [-0.2, 0) is 14.3 Å². The SMILES string of the molecule is Cc1ccc(Cl)cc1NC(=O)C1CC(=O)Nc2nc(N3CCOCC3)[nH]c(=O)c21. The highest BCUT2D eigenvalue weighted by molar-refractivity contribution is 6.31. The van der Waals surface area contributed by atoms with Crippen LogP contribution in [-0.4, -0.2) is 48.1 Å². The zero-order valence-corrected chi connectivity index (χ0v) is 16.5. The molecule has 3 N–H and O–H groups in total. The molecule has 1 saturated heterocycles. The number of halogens is 1. The summed E-state index contributed by atoms with van der Waals surface area (Å²) in [6.07, 6.45) is -0.139. The number of morpholine rings is 1. The van der Waals surface area contributed by atoms with Crippen LogP contribution in [0.25, 0.3) is 0 Å². The number of benzene rings is 1. The molecule has 0 spiro atoms. The highest BCUT2D eigenvalue weighted by atomic mass is 35.5. The second-order valence-corrected chi connectivity index (χ2v) is 7.44. The first-order valence-electron chi connectivity index (χ1n) is 9.26. The van der Waals surface area contributed by atoms with Crippen LogP contribution in [0.2, 0.25) is 5.02 Å². The smallest absolute Gasteiger partial charge is 0.258 e. The molecule has 1 aromatic heterocycles. The quantitative estimate of drug-likeness (QED) is 0.699. The zero-order valence-electron chi connectivity index (χ0n) is 15.8. The standard InChI is InChI=1S/C19H20ClN5O4/c1-10-2-3-11(20)8-13(10)21-17(27)12-9-14(26)22-16-15(12)18(28)24-19(23-16)25-4-6-29-7-5-25/h2-3,8,12H,4-7,9H2,1H3,(H,21,27)(H2,22,23,24,26,28). The van der Waals surface area contributed by atoms with Gasteiger partial charge in [0.05, 0.1) is 24.7 Å². The highest BCUT2D eigenvalue weighted by Gasteiger charge is 2.35. The van der Waals surface area contributed by atoms with Crippen LogP contribution in [0.4, 0.5) is 17.5 Å². The molecular weight excluding hydrogens is 398 g/mol. The number of carbonyl (C=O) groups is 2. The lowest BCUT2D eigenvalue weighted by Crippen LogP contribution is -2.41. The van der Waals surface area contributed by atoms with Gasteiger partial charge in [-0.15, -0.1) is 0 Å². The summed E-state index contributed by atoms with van der Waals surface area (Å²) in [6, 6.07) is 5.13. The summed E-state index contributed by atoms with van der Waals surface area (Å²) >= 11 is 6.01. The Morgan fingerprint density at radius 1 is 1.31 bits per heavy atom. The molecule has 1 atom stereocenters. The van der Waals surface area contributed by atoms with Gasteiger partial charge in [-0.1, -0.05) is 17.7 Å². The van der Waals surface area contributed by atoms with Crippen LogP contribution in [0.15, 0.2) is 23.0 Å². The number of aromatic nitrogens is 2. The molecule has 2 aliphatic rings. The number of aromatic amines is 1. The first-order valence-corrected chi connectivity index (χ1v) is 9.64. The number of amides is 2. The second kappa shape index (κ2) is 7.84. The van der Waals surface area contributed by atoms with E-state index in [1.807, 2.05) is 11.8 Å². The van der Waals surface area contributed by atoms with Gasteiger partial charge >= 0.3 is 0 Å². The normalized spacial score (nSPS) is 18.8. The fourth-order valence-electron chi connectivity index (χ4n) is 3.46. The monoisotopic (exact) mass is 417 g/mol. The van der Waals surface area contributed by atoms with Gasteiger partial charge in [0, 0.05) is 30.2 Å². The molecule has 9 nitrogen and oxygen atoms in total. The summed E-state index contributed by atoms with van der Waals surface area (Å²) < 4.78 is 5.31. The molecule has 2 aromatic rings. The van der Waals surface area contributed by atoms with Gasteiger partial charge in [0.1, 0.15) is 5.82 Å². The minimum atomic E-state index is -0.952. The minimum absolute atomic E-state index is 0.120. The van der Waals surface area contributed by atoms with Crippen molar-refractivity contribution in [2.75, 3.05) is 41.8 Å². The first kappa shape index (κ1) is 19.4. The molecule has 1 aromatic carbocycles. The lowest BCUT2D eigenvalue weighted by molar-refractivity contribution is -0.123. The summed E-state index contributed by atoms with van der Waals surface area (Å²) in [6.45, 7) is 4.03. The molecule has 4 rings (SSSR count). The second-order valence-electron chi connectivity index (χ2n) is 7.00. The summed E-state index contributed by atoms with van der Waals surface area (Å²) in [5.74, 6) is -1.31. The van der Waals surface area contributed by atoms with Crippen LogP contribution in [0.3, 0.4) is 0 Å². The molecule has 0 radical (unpaired) electrons. The third-order valence-corrected chi connectivity index (χ3v) is 5.26. The van der Waals surface area contributed by atoms with Crippen molar-refractivity contribution in [2.24, 2.45) is 0 Å². The lowest BCUT2D eigenvalue weighted by Gasteiger charge is -2.29. The number of H-pyrrole nitrogens is 1. The van der Waals surface area contributed by atoms with Crippen molar-refractivity contribution in [3.63, 3.8) is 0 Å². The van der Waals surface area contributed by atoms with E-state index in [4.69, 9.17) is 16.3 Å². The van der Waals surface area contributed by atoms with E-state index in [0.29, 0.717) is 43.0 Å². The van der Waals surface area contributed by atoms with Crippen LogP contribution in [0.1, 0.15) is 23.5 Å². The van der Waals surface area contributed by atoms with Crippen molar-refractivity contribution in [3.8, 4) is 0 Å². The molecule has 0 saturated carbocycles. The fraction of sp³-hybridized carbons (Fsp3) is 0.368. The number of hydrogen-bond acceptors (Lipinski definition) is 6. The summed E-state index contributed by atoms with van der Waals surface area (Å²) in [5.41, 5.74) is 1.06. The number of hydrogen-bond donors (Lipinski definition) is 3. The van der Waals surface area contributed by atoms with Crippen molar-refractivity contribution >= 4 is 40.9 Å². The predicted octanol–water partition coefficient (Wildman–Crippen LogP) is 1.63. The Morgan fingerprint density at radius 3 is 2.83 bits per heavy atom. The number of nitrogens with zero attached hydrogens (tertiary/aromatic N) is 2. The van der Waals surface area contributed by atoms with Gasteiger partial charge in [-0.25, -0.2) is 0 Å². The Hall–Kier alpha value is -2.91. The van der Waals surface area contributed by atoms with Gasteiger partial charge in [0.15, 0.2) is 0 Å². The molecule has 2 aliphatic heterocycles. The van der Waals surface area contributed by atoms with Gasteiger partial charge < -0.3 is 20.3 Å². The topological polar surface area (TPSA) is 116 Å². The number of nitrogens with one attached hydrogen (secondary N) is 3. The Bertz CT molecular complexity index is 1030. The maximum Gasteiger partial charge on any atom is 0.258 e. The van der Waals surface area contributed by atoms with Gasteiger partial charge in [0.25, 0.3) is 5.56 Å². The Morgan fingerprint density at radius 2 is 2.07 bits per heavy atom. The molecule has 152 valence electrons. The van der Waals surface area contributed by atoms with Crippen molar-refractivity contribution < 1.29 is 14.3 Å². The van der Waals surface area contributed by atoms with E-state index in [9.17, 15) is 14.4 Å². The summed E-state index contributed by atoms with van der Waals surface area (Å²) in [5, 5.41) is 5.87. The Labute approximate surface area is 171 Å². The molecule has 1 unspecified atom stereocenters. The number of rotatable bonds is 3. The maximum atomic E-state index is 12.9. The first-order chi connectivity index (χ1) is 13.9. The van der Waals surface area contributed by atoms with E-state index in [1.165, 1.54) is 0 Å². The molecule has 0 bridgehead atoms. The highest BCUT2D eigenvalue weighted by Crippen LogP contribution is 2.31. The Kier molecular flexibility index (Phi) is 5.25. The largest absolute Gasteiger partial charge is 0.378 e. The molecule has 0 aliphatic carbocycles. The van der Waals surface area contributed by atoms with E-state index in [0.717, 1.165) is 5.56 Å². The summed E-state index contributed by atoms with van der Waals surface area (Å²) in [7, 11) is 0. The van der Waals surface area contributed by atoms with Crippen LogP contribution in [0, 0.1) is 6.92 Å². The van der Waals surface area contributed by atoms with Crippen molar-refractivity contribution in [1.82, 2.24) is 9.97 Å². The van der Waals surface area contributed by atoms with Crippen LogP contribution in [0.5, 0.6) is 0 Å². The van der Waals surface area contributed by atoms with Gasteiger partial charge in [-0.2, -0.15) is 4.98 Å². The maximum absolute atomic E-state index is 12.9. The number of anilines is 3. The van der Waals surface area contributed by atoms with E-state index in [-0.39, 0.29) is 23.7 Å². The van der Waals surface area contributed by atoms with Crippen LogP contribution < -0.4 is 21.1 Å². The molecule has 2 amide bonds. The molecular formula is C19H20ClN5O4. The zero-order chi connectivity index (χ0) is 20.5. The summed E-state index contributed by atoms with van der Waals surface area (Å²) in [4.78, 5) is 47.0. The number of carbonyl (C=O) groups excluding carboxylic acids is 2. The van der Waals surface area contributed by atoms with Crippen LogP contribution >= 0.6 is 11.6 Å². The average molecular weight is 418 g/mol. The third-order valence-electron chi connectivity index (χ3n) is 5.02. The number of ether oxygens (including phenoxy) is 1. The van der Waals surface area contributed by atoms with E-state index < -0.39 is 17.4 Å². The lowest BCUT2D eigenvalue weighted by atomic mass is 9.92. The van der Waals surface area contributed by atoms with Crippen molar-refractivity contribution in [2.45, 2.75) is 19.3 Å². The van der Waals surface area contributed by atoms with E-state index in [1.54, 1.807) is 18.2 Å². The molecule has 1 fully saturated rings. The van der Waals surface area contributed by atoms with Crippen molar-refractivity contribution in [1.29, 1.82) is 0 Å². The van der Waals surface area contributed by atoms with Gasteiger partial charge in [0.2, 0.25) is 17.8 Å². The fourth-order valence-corrected chi connectivity index (χ4v) is 3.63. The van der Waals surface area contributed by atoms with Gasteiger partial charge in [-0.3, -0.25) is 19.4 Å².